The lowest BCUT2D eigenvalue weighted by atomic mass is 9.99. The molecule has 16 heavy (non-hydrogen) atoms. The molecule has 0 aliphatic rings. The third kappa shape index (κ3) is 2.82. The third-order valence-corrected chi connectivity index (χ3v) is 2.36. The molecule has 0 bridgehead atoms. The van der Waals surface area contributed by atoms with Crippen molar-refractivity contribution in [2.24, 2.45) is 5.92 Å². The fraction of sp³-hybridized carbons (Fsp3) is 0.333. The molecule has 0 fully saturated rings. The van der Waals surface area contributed by atoms with E-state index >= 15 is 0 Å². The number of phenolic OH excluding ortho intramolecular Hbond substituents is 1. The topological polar surface area (TPSA) is 63.6 Å². The Bertz CT molecular complexity index is 398. The molecule has 0 radical (unpaired) electrons. The minimum atomic E-state index is -0.291. The number of carbonyl (C=O) groups is 2. The molecule has 0 spiro atoms. The Balaban J connectivity index is 2.82. The van der Waals surface area contributed by atoms with Gasteiger partial charge >= 0.3 is 5.97 Å². The second kappa shape index (κ2) is 5.30. The van der Waals surface area contributed by atoms with Crippen molar-refractivity contribution in [1.29, 1.82) is 0 Å². The molecule has 1 unspecified atom stereocenters. The van der Waals surface area contributed by atoms with Gasteiger partial charge in [-0.1, -0.05) is 13.0 Å². The van der Waals surface area contributed by atoms with E-state index < -0.39 is 0 Å². The molecule has 0 heterocycles. The van der Waals surface area contributed by atoms with E-state index in [2.05, 4.69) is 4.74 Å². The highest BCUT2D eigenvalue weighted by atomic mass is 16.5. The zero-order chi connectivity index (χ0) is 12.1. The van der Waals surface area contributed by atoms with Crippen molar-refractivity contribution in [2.45, 2.75) is 13.3 Å². The van der Waals surface area contributed by atoms with Crippen LogP contribution in [0.1, 0.15) is 22.8 Å². The Labute approximate surface area is 93.9 Å². The van der Waals surface area contributed by atoms with Gasteiger partial charge in [0.15, 0.2) is 6.29 Å². The standard InChI is InChI=1S/C12H14O4/c1-8(12(15)16-2)5-9-3-4-11(14)10(6-9)7-13/h3-4,6-8,14H,5H2,1-2H3. The summed E-state index contributed by atoms with van der Waals surface area (Å²) in [5.41, 5.74) is 1.05. The first-order chi connectivity index (χ1) is 7.58. The first-order valence-electron chi connectivity index (χ1n) is 4.93. The van der Waals surface area contributed by atoms with Crippen molar-refractivity contribution in [2.75, 3.05) is 7.11 Å². The normalized spacial score (nSPS) is 11.9. The molecule has 4 nitrogen and oxygen atoms in total. The number of aromatic hydroxyl groups is 1. The monoisotopic (exact) mass is 222 g/mol. The number of aldehydes is 1. The fourth-order valence-corrected chi connectivity index (χ4v) is 1.46. The molecule has 1 atom stereocenters. The van der Waals surface area contributed by atoms with Crippen molar-refractivity contribution in [3.8, 4) is 5.75 Å². The second-order valence-electron chi connectivity index (χ2n) is 3.64. The van der Waals surface area contributed by atoms with Gasteiger partial charge in [-0.15, -0.1) is 0 Å². The van der Waals surface area contributed by atoms with Gasteiger partial charge in [0.1, 0.15) is 5.75 Å². The van der Waals surface area contributed by atoms with Crippen molar-refractivity contribution in [3.63, 3.8) is 0 Å². The Kier molecular flexibility index (Phi) is 4.05. The van der Waals surface area contributed by atoms with Crippen molar-refractivity contribution < 1.29 is 19.4 Å². The van der Waals surface area contributed by atoms with Crippen LogP contribution in [0.4, 0.5) is 0 Å². The average molecular weight is 222 g/mol. The summed E-state index contributed by atoms with van der Waals surface area (Å²) < 4.78 is 4.61. The Morgan fingerprint density at radius 2 is 2.25 bits per heavy atom. The molecule has 1 aromatic rings. The molecule has 0 amide bonds. The van der Waals surface area contributed by atoms with Gasteiger partial charge in [-0.2, -0.15) is 0 Å². The molecule has 1 rings (SSSR count). The molecule has 1 aromatic carbocycles. The third-order valence-electron chi connectivity index (χ3n) is 2.36. The van der Waals surface area contributed by atoms with Gasteiger partial charge in [-0.05, 0) is 24.1 Å². The number of methoxy groups -OCH3 is 1. The molecule has 0 saturated carbocycles. The first-order valence-corrected chi connectivity index (χ1v) is 4.93. The van der Waals surface area contributed by atoms with Crippen molar-refractivity contribution in [1.82, 2.24) is 0 Å². The molecular weight excluding hydrogens is 208 g/mol. The predicted molar refractivity (Wildman–Crippen MR) is 58.4 cm³/mol. The van der Waals surface area contributed by atoms with Gasteiger partial charge in [0.05, 0.1) is 18.6 Å². The van der Waals surface area contributed by atoms with E-state index in [1.165, 1.54) is 13.2 Å². The van der Waals surface area contributed by atoms with Crippen molar-refractivity contribution >= 4 is 12.3 Å². The number of rotatable bonds is 4. The van der Waals surface area contributed by atoms with Crippen LogP contribution in [-0.2, 0) is 16.0 Å². The number of benzene rings is 1. The van der Waals surface area contributed by atoms with E-state index in [-0.39, 0.29) is 23.2 Å². The number of hydrogen-bond donors (Lipinski definition) is 1. The van der Waals surface area contributed by atoms with Crippen LogP contribution in [0.15, 0.2) is 18.2 Å². The second-order valence-corrected chi connectivity index (χ2v) is 3.64. The highest BCUT2D eigenvalue weighted by molar-refractivity contribution is 5.79. The molecule has 0 aliphatic carbocycles. The minimum absolute atomic E-state index is 0.0514. The SMILES string of the molecule is COC(=O)C(C)Cc1ccc(O)c(C=O)c1. The number of phenols is 1. The van der Waals surface area contributed by atoms with Crippen LogP contribution in [0.3, 0.4) is 0 Å². The average Bonchev–Trinajstić information content (AvgIpc) is 2.30. The smallest absolute Gasteiger partial charge is 0.308 e. The maximum atomic E-state index is 11.2. The zero-order valence-electron chi connectivity index (χ0n) is 9.27. The lowest BCUT2D eigenvalue weighted by Crippen LogP contribution is -2.15. The summed E-state index contributed by atoms with van der Waals surface area (Å²) in [5.74, 6) is -0.612. The highest BCUT2D eigenvalue weighted by Gasteiger charge is 2.14. The van der Waals surface area contributed by atoms with Gasteiger partial charge < -0.3 is 9.84 Å². The van der Waals surface area contributed by atoms with Gasteiger partial charge in [0.2, 0.25) is 0 Å². The van der Waals surface area contributed by atoms with Crippen LogP contribution in [0.2, 0.25) is 0 Å². The van der Waals surface area contributed by atoms with E-state index in [1.54, 1.807) is 19.1 Å². The molecule has 4 heteroatoms. The summed E-state index contributed by atoms with van der Waals surface area (Å²) in [7, 11) is 1.34. The van der Waals surface area contributed by atoms with Crippen LogP contribution in [0.5, 0.6) is 5.75 Å². The molecule has 0 aliphatic heterocycles. The van der Waals surface area contributed by atoms with E-state index in [0.29, 0.717) is 12.7 Å². The summed E-state index contributed by atoms with van der Waals surface area (Å²) in [5, 5.41) is 9.30. The van der Waals surface area contributed by atoms with Crippen LogP contribution in [0, 0.1) is 5.92 Å². The molecule has 0 aromatic heterocycles. The van der Waals surface area contributed by atoms with Crippen LogP contribution in [-0.4, -0.2) is 24.5 Å². The number of esters is 1. The summed E-state index contributed by atoms with van der Waals surface area (Å²) >= 11 is 0. The molecule has 86 valence electrons. The quantitative estimate of drug-likeness (QED) is 0.620. The van der Waals surface area contributed by atoms with Gasteiger partial charge in [0, 0.05) is 0 Å². The number of carbonyl (C=O) groups excluding carboxylic acids is 2. The lowest BCUT2D eigenvalue weighted by Gasteiger charge is -2.09. The van der Waals surface area contributed by atoms with Crippen LogP contribution < -0.4 is 0 Å². The Morgan fingerprint density at radius 3 is 2.81 bits per heavy atom. The summed E-state index contributed by atoms with van der Waals surface area (Å²) in [4.78, 5) is 21.8. The lowest BCUT2D eigenvalue weighted by molar-refractivity contribution is -0.144. The van der Waals surface area contributed by atoms with Gasteiger partial charge in [0.25, 0.3) is 0 Å². The Morgan fingerprint density at radius 1 is 1.56 bits per heavy atom. The van der Waals surface area contributed by atoms with Crippen LogP contribution in [0.25, 0.3) is 0 Å². The Hall–Kier alpha value is -1.84. The summed E-state index contributed by atoms with van der Waals surface area (Å²) in [6.45, 7) is 1.75. The molecule has 0 saturated heterocycles. The molecule has 1 N–H and O–H groups in total. The van der Waals surface area contributed by atoms with E-state index in [0.717, 1.165) is 5.56 Å². The summed E-state index contributed by atoms with van der Waals surface area (Å²) in [6.07, 6.45) is 1.06. The maximum absolute atomic E-state index is 11.2. The van der Waals surface area contributed by atoms with Gasteiger partial charge in [-0.25, -0.2) is 0 Å². The van der Waals surface area contributed by atoms with E-state index in [1.807, 2.05) is 0 Å². The minimum Gasteiger partial charge on any atom is -0.507 e. The number of ether oxygens (including phenoxy) is 1. The number of hydrogen-bond acceptors (Lipinski definition) is 4. The van der Waals surface area contributed by atoms with E-state index in [4.69, 9.17) is 0 Å². The van der Waals surface area contributed by atoms with Crippen LogP contribution >= 0.6 is 0 Å². The van der Waals surface area contributed by atoms with Crippen molar-refractivity contribution in [3.05, 3.63) is 29.3 Å². The first kappa shape index (κ1) is 12.2. The zero-order valence-corrected chi connectivity index (χ0v) is 9.27. The molecular formula is C12H14O4. The predicted octanol–water partition coefficient (Wildman–Crippen LogP) is 1.56. The van der Waals surface area contributed by atoms with E-state index in [9.17, 15) is 14.7 Å². The summed E-state index contributed by atoms with van der Waals surface area (Å²) in [6, 6.07) is 4.70. The largest absolute Gasteiger partial charge is 0.507 e. The van der Waals surface area contributed by atoms with Gasteiger partial charge in [-0.3, -0.25) is 9.59 Å². The highest BCUT2D eigenvalue weighted by Crippen LogP contribution is 2.18. The fourth-order valence-electron chi connectivity index (χ4n) is 1.46. The maximum Gasteiger partial charge on any atom is 0.308 e.